The molecule has 3 rings (SSSR count). The van der Waals surface area contributed by atoms with Crippen LogP contribution in [0.15, 0.2) is 103 Å². The summed E-state index contributed by atoms with van der Waals surface area (Å²) in [6.45, 7) is 16.4. The van der Waals surface area contributed by atoms with E-state index in [-0.39, 0.29) is 35.4 Å². The van der Waals surface area contributed by atoms with Crippen molar-refractivity contribution in [1.82, 2.24) is 0 Å². The van der Waals surface area contributed by atoms with Crippen LogP contribution in [0.5, 0.6) is 0 Å². The number of rotatable bonds is 18. The summed E-state index contributed by atoms with van der Waals surface area (Å²) in [5, 5.41) is 14.1. The van der Waals surface area contributed by atoms with E-state index in [0.29, 0.717) is 19.1 Å². The minimum Gasteiger partial charge on any atom is -0.469 e. The van der Waals surface area contributed by atoms with Crippen molar-refractivity contribution >= 4 is 24.7 Å². The van der Waals surface area contributed by atoms with E-state index >= 15 is 0 Å². The summed E-state index contributed by atoms with van der Waals surface area (Å²) in [6, 6.07) is 31.8. The third-order valence-corrected chi connectivity index (χ3v) is 14.9. The highest BCUT2D eigenvalue weighted by atomic mass is 28.4. The summed E-state index contributed by atoms with van der Waals surface area (Å²) in [5.41, 5.74) is 2.09. The van der Waals surface area contributed by atoms with Gasteiger partial charge in [0.2, 0.25) is 0 Å². The summed E-state index contributed by atoms with van der Waals surface area (Å²) in [7, 11) is -1.25. The van der Waals surface area contributed by atoms with Gasteiger partial charge in [0.1, 0.15) is 0 Å². The lowest BCUT2D eigenvalue weighted by Gasteiger charge is -2.43. The number of esters is 1. The highest BCUT2D eigenvalue weighted by molar-refractivity contribution is 6.99. The molecule has 5 atom stereocenters. The first kappa shape index (κ1) is 38.4. The van der Waals surface area contributed by atoms with Crippen LogP contribution in [0.4, 0.5) is 0 Å². The average Bonchev–Trinajstić information content (AvgIpc) is 3.09. The van der Waals surface area contributed by atoms with E-state index in [1.54, 1.807) is 0 Å². The van der Waals surface area contributed by atoms with E-state index < -0.39 is 14.4 Å². The van der Waals surface area contributed by atoms with Crippen molar-refractivity contribution in [2.24, 2.45) is 17.8 Å². The van der Waals surface area contributed by atoms with Crippen LogP contribution in [0.3, 0.4) is 0 Å². The van der Waals surface area contributed by atoms with Crippen molar-refractivity contribution in [2.75, 3.05) is 13.7 Å². The van der Waals surface area contributed by atoms with Crippen LogP contribution >= 0.6 is 0 Å². The summed E-state index contributed by atoms with van der Waals surface area (Å²) >= 11 is 0. The van der Waals surface area contributed by atoms with Crippen molar-refractivity contribution in [2.45, 2.75) is 98.0 Å². The maximum atomic E-state index is 11.7. The zero-order valence-electron chi connectivity index (χ0n) is 29.9. The minimum absolute atomic E-state index is 0.0800. The SMILES string of the molecule is CC[C@H](CC[C@H](OCc1ccccc1)[C@@H](C)[C@@H](O)[C@@H](C)/C(C)=C/CC(=O)OC)CO[Si](c1ccccc1)(c1ccccc1)C(C)(C)C. The number of carbonyl (C=O) groups excluding carboxylic acids is 1. The van der Waals surface area contributed by atoms with Crippen LogP contribution in [0, 0.1) is 17.8 Å². The Labute approximate surface area is 285 Å². The van der Waals surface area contributed by atoms with Gasteiger partial charge in [-0.2, -0.15) is 0 Å². The minimum atomic E-state index is -2.64. The molecular weight excluding hydrogens is 601 g/mol. The largest absolute Gasteiger partial charge is 0.469 e. The number of methoxy groups -OCH3 is 1. The van der Waals surface area contributed by atoms with Crippen molar-refractivity contribution < 1.29 is 23.8 Å². The van der Waals surface area contributed by atoms with E-state index in [4.69, 9.17) is 13.9 Å². The third kappa shape index (κ3) is 10.5. The van der Waals surface area contributed by atoms with Gasteiger partial charge in [-0.1, -0.05) is 151 Å². The molecule has 0 heterocycles. The molecule has 0 aromatic heterocycles. The molecule has 5 nitrogen and oxygen atoms in total. The first-order valence-corrected chi connectivity index (χ1v) is 19.2. The standard InChI is InChI=1S/C41H58O5Si/c1-9-34(30-46-47(41(5,6)7,36-21-15-11-16-22-36)37-23-17-12-18-24-37)26-27-38(45-29-35-19-13-10-14-20-35)33(4)40(43)32(3)31(2)25-28-39(42)44-8/h10-25,32-34,38,40,43H,9,26-30H2,1-8H3/b31-25+/t32-,33+,34+,38-,40-/m0/s1. The molecule has 0 radical (unpaired) electrons. The van der Waals surface area contributed by atoms with Gasteiger partial charge >= 0.3 is 5.97 Å². The van der Waals surface area contributed by atoms with Gasteiger partial charge in [-0.3, -0.25) is 4.79 Å². The zero-order valence-corrected chi connectivity index (χ0v) is 30.9. The predicted molar refractivity (Wildman–Crippen MR) is 196 cm³/mol. The average molecular weight is 659 g/mol. The van der Waals surface area contributed by atoms with Gasteiger partial charge in [0, 0.05) is 18.4 Å². The molecule has 0 saturated carbocycles. The number of carbonyl (C=O) groups is 1. The Kier molecular flexibility index (Phi) is 15.1. The van der Waals surface area contributed by atoms with Crippen LogP contribution < -0.4 is 10.4 Å². The van der Waals surface area contributed by atoms with Crippen LogP contribution in [-0.4, -0.2) is 45.3 Å². The van der Waals surface area contributed by atoms with Crippen molar-refractivity contribution in [3.8, 4) is 0 Å². The van der Waals surface area contributed by atoms with Crippen LogP contribution in [-0.2, 0) is 25.3 Å². The Morgan fingerprint density at radius 2 is 1.40 bits per heavy atom. The quantitative estimate of drug-likeness (QED) is 0.0850. The molecule has 6 heteroatoms. The Morgan fingerprint density at radius 3 is 1.89 bits per heavy atom. The number of hydrogen-bond acceptors (Lipinski definition) is 5. The van der Waals surface area contributed by atoms with Crippen molar-refractivity contribution in [3.05, 3.63) is 108 Å². The maximum absolute atomic E-state index is 11.7. The van der Waals surface area contributed by atoms with Crippen molar-refractivity contribution in [1.29, 1.82) is 0 Å². The number of aliphatic hydroxyl groups excluding tert-OH is 1. The molecule has 0 spiro atoms. The highest BCUT2D eigenvalue weighted by Crippen LogP contribution is 2.37. The van der Waals surface area contributed by atoms with Gasteiger partial charge in [0.25, 0.3) is 8.32 Å². The lowest BCUT2D eigenvalue weighted by molar-refractivity contribution is -0.139. The molecule has 3 aromatic rings. The molecule has 47 heavy (non-hydrogen) atoms. The van der Waals surface area contributed by atoms with Gasteiger partial charge in [-0.05, 0) is 46.7 Å². The zero-order chi connectivity index (χ0) is 34.5. The number of aliphatic hydroxyl groups is 1. The molecule has 0 fully saturated rings. The normalized spacial score (nSPS) is 15.8. The Bertz CT molecular complexity index is 1310. The fourth-order valence-electron chi connectivity index (χ4n) is 6.54. The third-order valence-electron chi connectivity index (χ3n) is 9.87. The molecule has 0 aliphatic rings. The lowest BCUT2D eigenvalue weighted by atomic mass is 9.83. The molecule has 3 aromatic carbocycles. The summed E-state index contributed by atoms with van der Waals surface area (Å²) in [6.07, 6.45) is 4.02. The second-order valence-corrected chi connectivity index (χ2v) is 18.3. The van der Waals surface area contributed by atoms with Crippen LogP contribution in [0.1, 0.15) is 79.7 Å². The predicted octanol–water partition coefficient (Wildman–Crippen LogP) is 8.10. The first-order valence-electron chi connectivity index (χ1n) is 17.3. The van der Waals surface area contributed by atoms with E-state index in [1.807, 2.05) is 38.1 Å². The van der Waals surface area contributed by atoms with E-state index in [9.17, 15) is 9.90 Å². The van der Waals surface area contributed by atoms with Crippen LogP contribution in [0.25, 0.3) is 0 Å². The fraction of sp³-hybridized carbons (Fsp3) is 0.488. The van der Waals surface area contributed by atoms with Gasteiger partial charge in [-0.15, -0.1) is 0 Å². The number of hydrogen-bond donors (Lipinski definition) is 1. The molecule has 1 N–H and O–H groups in total. The second kappa shape index (κ2) is 18.5. The first-order chi connectivity index (χ1) is 22.4. The Hall–Kier alpha value is -3.03. The topological polar surface area (TPSA) is 65.0 Å². The van der Waals surface area contributed by atoms with Gasteiger partial charge < -0.3 is 19.0 Å². The molecule has 0 aliphatic heterocycles. The van der Waals surface area contributed by atoms with E-state index in [2.05, 4.69) is 107 Å². The maximum Gasteiger partial charge on any atom is 0.309 e. The molecule has 0 amide bonds. The monoisotopic (exact) mass is 658 g/mol. The van der Waals surface area contributed by atoms with E-state index in [0.717, 1.165) is 30.4 Å². The molecular formula is C41H58O5Si. The smallest absolute Gasteiger partial charge is 0.309 e. The molecule has 0 aliphatic carbocycles. The number of benzene rings is 3. The van der Waals surface area contributed by atoms with E-state index in [1.165, 1.54) is 17.5 Å². The molecule has 0 unspecified atom stereocenters. The highest BCUT2D eigenvalue weighted by Gasteiger charge is 2.50. The van der Waals surface area contributed by atoms with Gasteiger partial charge in [0.15, 0.2) is 0 Å². The summed E-state index contributed by atoms with van der Waals surface area (Å²) < 4.78 is 18.7. The fourth-order valence-corrected chi connectivity index (χ4v) is 11.2. The van der Waals surface area contributed by atoms with Crippen LogP contribution in [0.2, 0.25) is 5.04 Å². The Morgan fingerprint density at radius 1 is 0.872 bits per heavy atom. The molecule has 0 bridgehead atoms. The second-order valence-electron chi connectivity index (χ2n) is 14.0. The van der Waals surface area contributed by atoms with Crippen molar-refractivity contribution in [3.63, 3.8) is 0 Å². The lowest BCUT2D eigenvalue weighted by Crippen LogP contribution is -2.66. The molecule has 256 valence electrons. The number of ether oxygens (including phenoxy) is 2. The summed E-state index contributed by atoms with van der Waals surface area (Å²) in [4.78, 5) is 11.7. The summed E-state index contributed by atoms with van der Waals surface area (Å²) in [5.74, 6) is -0.194. The van der Waals surface area contributed by atoms with Gasteiger partial charge in [0.05, 0.1) is 32.3 Å². The van der Waals surface area contributed by atoms with Gasteiger partial charge in [-0.25, -0.2) is 0 Å². The molecule has 0 saturated heterocycles. The Balaban J connectivity index is 1.82.